The van der Waals surface area contributed by atoms with Crippen LogP contribution in [0.25, 0.3) is 0 Å². The lowest BCUT2D eigenvalue weighted by Crippen LogP contribution is -2.26. The molecule has 0 spiro atoms. The maximum absolute atomic E-state index is 9.72. The summed E-state index contributed by atoms with van der Waals surface area (Å²) in [5, 5.41) is 19.3. The molecule has 2 heteroatoms. The van der Waals surface area contributed by atoms with Crippen LogP contribution in [0.4, 0.5) is 0 Å². The van der Waals surface area contributed by atoms with Gasteiger partial charge in [0.2, 0.25) is 0 Å². The van der Waals surface area contributed by atoms with Gasteiger partial charge in [-0.2, -0.15) is 0 Å². The average molecular weight is 258 g/mol. The van der Waals surface area contributed by atoms with E-state index in [1.807, 2.05) is 0 Å². The zero-order valence-electron chi connectivity index (χ0n) is 12.7. The van der Waals surface area contributed by atoms with Crippen molar-refractivity contribution in [1.29, 1.82) is 0 Å². The number of hydrogen-bond donors (Lipinski definition) is 2. The van der Waals surface area contributed by atoms with Crippen LogP contribution in [0.5, 0.6) is 0 Å². The maximum atomic E-state index is 9.72. The van der Waals surface area contributed by atoms with Crippen molar-refractivity contribution in [3.05, 3.63) is 0 Å². The summed E-state index contributed by atoms with van der Waals surface area (Å²) in [4.78, 5) is 0. The smallest absolute Gasteiger partial charge is 0.0616 e. The van der Waals surface area contributed by atoms with Crippen LogP contribution in [0.1, 0.15) is 91.4 Å². The summed E-state index contributed by atoms with van der Waals surface area (Å²) in [5.41, 5.74) is -0.737. The standard InChI is InChI=1S/C16H34O2/c1-4-5-6-7-8-9-10-11-12-13-15(17)14-16(2,3)18/h15,17-18H,4-14H2,1-3H3. The van der Waals surface area contributed by atoms with E-state index in [-0.39, 0.29) is 6.10 Å². The van der Waals surface area contributed by atoms with E-state index in [9.17, 15) is 10.2 Å². The molecule has 0 aromatic heterocycles. The van der Waals surface area contributed by atoms with Crippen LogP contribution in [0, 0.1) is 0 Å². The van der Waals surface area contributed by atoms with Gasteiger partial charge in [0.1, 0.15) is 0 Å². The summed E-state index contributed by atoms with van der Waals surface area (Å²) in [6.07, 6.45) is 12.8. The van der Waals surface area contributed by atoms with Crippen molar-refractivity contribution in [3.8, 4) is 0 Å². The Morgan fingerprint density at radius 2 is 1.28 bits per heavy atom. The van der Waals surface area contributed by atoms with Crippen LogP contribution < -0.4 is 0 Å². The highest BCUT2D eigenvalue weighted by Gasteiger charge is 2.17. The molecule has 0 saturated carbocycles. The van der Waals surface area contributed by atoms with Gasteiger partial charge in [-0.05, 0) is 20.3 Å². The maximum Gasteiger partial charge on any atom is 0.0616 e. The summed E-state index contributed by atoms with van der Waals surface area (Å²) in [5.74, 6) is 0. The van der Waals surface area contributed by atoms with Crippen LogP contribution in [-0.2, 0) is 0 Å². The second-order valence-corrected chi connectivity index (χ2v) is 6.29. The Morgan fingerprint density at radius 1 is 0.833 bits per heavy atom. The second-order valence-electron chi connectivity index (χ2n) is 6.29. The fourth-order valence-corrected chi connectivity index (χ4v) is 2.37. The van der Waals surface area contributed by atoms with E-state index < -0.39 is 5.60 Å². The molecule has 0 rings (SSSR count). The Morgan fingerprint density at radius 3 is 1.72 bits per heavy atom. The van der Waals surface area contributed by atoms with Crippen molar-refractivity contribution < 1.29 is 10.2 Å². The Bertz CT molecular complexity index is 172. The summed E-state index contributed by atoms with van der Waals surface area (Å²) < 4.78 is 0. The molecule has 0 bridgehead atoms. The molecule has 0 aliphatic rings. The molecular formula is C16H34O2. The topological polar surface area (TPSA) is 40.5 Å². The molecule has 0 amide bonds. The van der Waals surface area contributed by atoms with Gasteiger partial charge in [-0.15, -0.1) is 0 Å². The van der Waals surface area contributed by atoms with E-state index in [0.717, 1.165) is 12.8 Å². The predicted octanol–water partition coefficient (Wildman–Crippen LogP) is 4.43. The molecule has 1 unspecified atom stereocenters. The normalized spacial score (nSPS) is 13.8. The van der Waals surface area contributed by atoms with Crippen LogP contribution in [0.3, 0.4) is 0 Å². The minimum atomic E-state index is -0.737. The summed E-state index contributed by atoms with van der Waals surface area (Å²) in [6.45, 7) is 5.76. The van der Waals surface area contributed by atoms with Crippen molar-refractivity contribution in [1.82, 2.24) is 0 Å². The number of aliphatic hydroxyl groups excluding tert-OH is 1. The minimum absolute atomic E-state index is 0.338. The molecule has 0 saturated heterocycles. The molecule has 0 aliphatic heterocycles. The number of hydrogen-bond acceptors (Lipinski definition) is 2. The molecule has 0 fully saturated rings. The van der Waals surface area contributed by atoms with Gasteiger partial charge < -0.3 is 10.2 Å². The molecule has 0 aliphatic carbocycles. The third-order valence-electron chi connectivity index (χ3n) is 3.38. The highest BCUT2D eigenvalue weighted by Crippen LogP contribution is 2.16. The molecule has 1 atom stereocenters. The van der Waals surface area contributed by atoms with Crippen molar-refractivity contribution in [2.24, 2.45) is 0 Å². The van der Waals surface area contributed by atoms with Crippen molar-refractivity contribution >= 4 is 0 Å². The first-order valence-electron chi connectivity index (χ1n) is 7.86. The van der Waals surface area contributed by atoms with E-state index in [1.54, 1.807) is 13.8 Å². The fourth-order valence-electron chi connectivity index (χ4n) is 2.37. The zero-order valence-corrected chi connectivity index (χ0v) is 12.7. The number of aliphatic hydroxyl groups is 2. The molecule has 0 aromatic rings. The van der Waals surface area contributed by atoms with Gasteiger partial charge in [0.25, 0.3) is 0 Å². The third kappa shape index (κ3) is 14.0. The van der Waals surface area contributed by atoms with Crippen LogP contribution in [0.15, 0.2) is 0 Å². The van der Waals surface area contributed by atoms with E-state index in [2.05, 4.69) is 6.92 Å². The summed E-state index contributed by atoms with van der Waals surface area (Å²) in [6, 6.07) is 0. The average Bonchev–Trinajstić information content (AvgIpc) is 2.24. The Hall–Kier alpha value is -0.0800. The minimum Gasteiger partial charge on any atom is -0.393 e. The van der Waals surface area contributed by atoms with Gasteiger partial charge in [0, 0.05) is 6.42 Å². The van der Waals surface area contributed by atoms with E-state index in [0.29, 0.717) is 6.42 Å². The first-order chi connectivity index (χ1) is 8.45. The molecule has 0 heterocycles. The molecule has 0 aromatic carbocycles. The SMILES string of the molecule is CCCCCCCCCCCC(O)CC(C)(C)O. The molecule has 2 N–H and O–H groups in total. The van der Waals surface area contributed by atoms with Crippen LogP contribution in [0.2, 0.25) is 0 Å². The van der Waals surface area contributed by atoms with Crippen LogP contribution >= 0.6 is 0 Å². The largest absolute Gasteiger partial charge is 0.393 e. The number of unbranched alkanes of at least 4 members (excludes halogenated alkanes) is 8. The molecule has 18 heavy (non-hydrogen) atoms. The van der Waals surface area contributed by atoms with Crippen molar-refractivity contribution in [2.45, 2.75) is 103 Å². The number of rotatable bonds is 12. The third-order valence-corrected chi connectivity index (χ3v) is 3.38. The van der Waals surface area contributed by atoms with Crippen molar-refractivity contribution in [2.75, 3.05) is 0 Å². The molecule has 0 radical (unpaired) electrons. The first kappa shape index (κ1) is 17.9. The second kappa shape index (κ2) is 10.8. The predicted molar refractivity (Wildman–Crippen MR) is 78.8 cm³/mol. The van der Waals surface area contributed by atoms with Gasteiger partial charge in [-0.1, -0.05) is 64.7 Å². The summed E-state index contributed by atoms with van der Waals surface area (Å²) in [7, 11) is 0. The van der Waals surface area contributed by atoms with Gasteiger partial charge >= 0.3 is 0 Å². The van der Waals surface area contributed by atoms with E-state index >= 15 is 0 Å². The monoisotopic (exact) mass is 258 g/mol. The Labute approximate surface area is 114 Å². The molecule has 110 valence electrons. The first-order valence-corrected chi connectivity index (χ1v) is 7.86. The van der Waals surface area contributed by atoms with Crippen molar-refractivity contribution in [3.63, 3.8) is 0 Å². The fraction of sp³-hybridized carbons (Fsp3) is 1.00. The van der Waals surface area contributed by atoms with E-state index in [1.165, 1.54) is 51.4 Å². The van der Waals surface area contributed by atoms with Gasteiger partial charge in [0.05, 0.1) is 11.7 Å². The summed E-state index contributed by atoms with van der Waals surface area (Å²) >= 11 is 0. The van der Waals surface area contributed by atoms with E-state index in [4.69, 9.17) is 0 Å². The van der Waals surface area contributed by atoms with Gasteiger partial charge in [-0.3, -0.25) is 0 Å². The lowest BCUT2D eigenvalue weighted by atomic mass is 9.97. The van der Waals surface area contributed by atoms with Gasteiger partial charge in [-0.25, -0.2) is 0 Å². The molecule has 2 nitrogen and oxygen atoms in total. The Kier molecular flexibility index (Phi) is 10.8. The highest BCUT2D eigenvalue weighted by atomic mass is 16.3. The van der Waals surface area contributed by atoms with Crippen LogP contribution in [-0.4, -0.2) is 21.9 Å². The Balaban J connectivity index is 3.20. The quantitative estimate of drug-likeness (QED) is 0.508. The zero-order chi connectivity index (χ0) is 13.9. The lowest BCUT2D eigenvalue weighted by molar-refractivity contribution is 0.0150. The molecular weight excluding hydrogens is 224 g/mol. The lowest BCUT2D eigenvalue weighted by Gasteiger charge is -2.21. The highest BCUT2D eigenvalue weighted by molar-refractivity contribution is 4.70. The van der Waals surface area contributed by atoms with Gasteiger partial charge in [0.15, 0.2) is 0 Å².